The summed E-state index contributed by atoms with van der Waals surface area (Å²) in [4.78, 5) is 33.4. The average molecular weight is 412 g/mol. The number of carbonyl (C=O) groups is 2. The van der Waals surface area contributed by atoms with Crippen molar-refractivity contribution in [2.24, 2.45) is 0 Å². The van der Waals surface area contributed by atoms with Crippen LogP contribution in [-0.2, 0) is 4.79 Å². The number of nitrogens with one attached hydrogen (secondary N) is 1. The molecule has 2 aromatic carbocycles. The first-order chi connectivity index (χ1) is 13.4. The minimum absolute atomic E-state index is 0.119. The molecule has 0 fully saturated rings. The molecule has 1 aromatic heterocycles. The number of Topliss-reactive ketones (excluding diaryl/α,β-unsaturated/α-hetero) is 1. The van der Waals surface area contributed by atoms with Gasteiger partial charge >= 0.3 is 0 Å². The van der Waals surface area contributed by atoms with Gasteiger partial charge in [0.1, 0.15) is 5.03 Å². The van der Waals surface area contributed by atoms with Crippen LogP contribution in [0.3, 0.4) is 0 Å². The fourth-order valence-electron chi connectivity index (χ4n) is 2.64. The highest BCUT2D eigenvalue weighted by molar-refractivity contribution is 8.00. The number of ketones is 1. The summed E-state index contributed by atoms with van der Waals surface area (Å²) in [6.07, 6.45) is 0. The topological polar surface area (TPSA) is 72.0 Å². The van der Waals surface area contributed by atoms with E-state index in [1.165, 1.54) is 18.7 Å². The number of nitrogens with zero attached hydrogens (tertiary/aromatic N) is 2. The molecule has 1 heterocycles. The molecule has 0 unspecified atom stereocenters. The number of aromatic nitrogens is 2. The van der Waals surface area contributed by atoms with Gasteiger partial charge in [0.25, 0.3) is 0 Å². The highest BCUT2D eigenvalue weighted by atomic mass is 35.5. The van der Waals surface area contributed by atoms with Crippen molar-refractivity contribution in [1.29, 1.82) is 0 Å². The number of amides is 1. The van der Waals surface area contributed by atoms with E-state index in [1.54, 1.807) is 31.2 Å². The number of rotatable bonds is 6. The summed E-state index contributed by atoms with van der Waals surface area (Å²) in [5.74, 6) is 0.328. The largest absolute Gasteiger partial charge is 0.325 e. The van der Waals surface area contributed by atoms with Crippen molar-refractivity contribution in [2.75, 3.05) is 11.1 Å². The van der Waals surface area contributed by atoms with Crippen LogP contribution in [0.25, 0.3) is 11.4 Å². The lowest BCUT2D eigenvalue weighted by Crippen LogP contribution is -2.15. The number of halogens is 1. The Kier molecular flexibility index (Phi) is 6.44. The van der Waals surface area contributed by atoms with Crippen molar-refractivity contribution in [1.82, 2.24) is 9.97 Å². The van der Waals surface area contributed by atoms with Crippen LogP contribution in [-0.4, -0.2) is 27.4 Å². The van der Waals surface area contributed by atoms with Gasteiger partial charge in [-0.05, 0) is 38.1 Å². The Balaban J connectivity index is 1.81. The SMILES string of the molecule is CC(=O)c1c(C)nc(-c2ccccc2)nc1SCC(=O)Nc1ccc(Cl)cc1. The van der Waals surface area contributed by atoms with Crippen molar-refractivity contribution < 1.29 is 9.59 Å². The van der Waals surface area contributed by atoms with Gasteiger partial charge in [0.05, 0.1) is 17.0 Å². The van der Waals surface area contributed by atoms with Crippen LogP contribution in [0.4, 0.5) is 5.69 Å². The molecule has 0 atom stereocenters. The molecule has 28 heavy (non-hydrogen) atoms. The predicted octanol–water partition coefficient (Wildman–Crippen LogP) is 5.04. The fraction of sp³-hybridized carbons (Fsp3) is 0.143. The van der Waals surface area contributed by atoms with Crippen LogP contribution in [0, 0.1) is 6.92 Å². The Labute approximate surface area is 172 Å². The van der Waals surface area contributed by atoms with Gasteiger partial charge in [-0.15, -0.1) is 0 Å². The quantitative estimate of drug-likeness (QED) is 0.349. The normalized spacial score (nSPS) is 10.5. The number of anilines is 1. The molecule has 142 valence electrons. The van der Waals surface area contributed by atoms with Gasteiger partial charge in [0, 0.05) is 16.3 Å². The lowest BCUT2D eigenvalue weighted by molar-refractivity contribution is -0.113. The van der Waals surface area contributed by atoms with Gasteiger partial charge in [-0.1, -0.05) is 53.7 Å². The standard InChI is InChI=1S/C21H18ClN3O2S/c1-13-19(14(2)26)21(25-20(23-13)15-6-4-3-5-7-15)28-12-18(27)24-17-10-8-16(22)9-11-17/h3-11H,12H2,1-2H3,(H,24,27). The molecule has 0 aliphatic rings. The summed E-state index contributed by atoms with van der Waals surface area (Å²) in [6.45, 7) is 3.26. The van der Waals surface area contributed by atoms with Gasteiger partial charge in [-0.2, -0.15) is 0 Å². The average Bonchev–Trinajstić information content (AvgIpc) is 2.68. The van der Waals surface area contributed by atoms with Gasteiger partial charge in [0.15, 0.2) is 11.6 Å². The van der Waals surface area contributed by atoms with Gasteiger partial charge in [-0.25, -0.2) is 9.97 Å². The first-order valence-electron chi connectivity index (χ1n) is 8.57. The molecule has 7 heteroatoms. The molecule has 0 aliphatic carbocycles. The van der Waals surface area contributed by atoms with Gasteiger partial charge < -0.3 is 5.32 Å². The molecule has 5 nitrogen and oxygen atoms in total. The highest BCUT2D eigenvalue weighted by Crippen LogP contribution is 2.27. The zero-order valence-corrected chi connectivity index (χ0v) is 17.0. The summed E-state index contributed by atoms with van der Waals surface area (Å²) >= 11 is 7.07. The lowest BCUT2D eigenvalue weighted by Gasteiger charge is -2.11. The number of aryl methyl sites for hydroxylation is 1. The van der Waals surface area contributed by atoms with Crippen molar-refractivity contribution in [3.05, 3.63) is 70.9 Å². The van der Waals surface area contributed by atoms with Crippen LogP contribution in [0.15, 0.2) is 59.6 Å². The van der Waals surface area contributed by atoms with E-state index < -0.39 is 0 Å². The Morgan fingerprint density at radius 1 is 1.04 bits per heavy atom. The molecule has 0 saturated heterocycles. The maximum Gasteiger partial charge on any atom is 0.234 e. The van der Waals surface area contributed by atoms with Gasteiger partial charge in [-0.3, -0.25) is 9.59 Å². The van der Waals surface area contributed by atoms with E-state index in [1.807, 2.05) is 30.3 Å². The first-order valence-corrected chi connectivity index (χ1v) is 9.93. The Morgan fingerprint density at radius 3 is 2.36 bits per heavy atom. The van der Waals surface area contributed by atoms with Crippen LogP contribution in [0.1, 0.15) is 23.0 Å². The molecule has 1 amide bonds. The maximum absolute atomic E-state index is 12.3. The summed E-state index contributed by atoms with van der Waals surface area (Å²) in [5.41, 5.74) is 2.56. The van der Waals surface area contributed by atoms with Crippen LogP contribution in [0.5, 0.6) is 0 Å². The fourth-order valence-corrected chi connectivity index (χ4v) is 3.69. The van der Waals surface area contributed by atoms with E-state index in [9.17, 15) is 9.59 Å². The van der Waals surface area contributed by atoms with Crippen LogP contribution < -0.4 is 5.32 Å². The summed E-state index contributed by atoms with van der Waals surface area (Å²) in [7, 11) is 0. The molecule has 0 bridgehead atoms. The van der Waals surface area contributed by atoms with E-state index >= 15 is 0 Å². The number of hydrogen-bond donors (Lipinski definition) is 1. The predicted molar refractivity (Wildman–Crippen MR) is 113 cm³/mol. The molecule has 3 rings (SSSR count). The Morgan fingerprint density at radius 2 is 1.71 bits per heavy atom. The molecular weight excluding hydrogens is 394 g/mol. The third-order valence-corrected chi connectivity index (χ3v) is 5.14. The smallest absolute Gasteiger partial charge is 0.234 e. The van der Waals surface area contributed by atoms with Crippen LogP contribution in [0.2, 0.25) is 5.02 Å². The van der Waals surface area contributed by atoms with Crippen LogP contribution >= 0.6 is 23.4 Å². The van der Waals surface area contributed by atoms with Crippen molar-refractivity contribution in [3.8, 4) is 11.4 Å². The first kappa shape index (κ1) is 20.0. The molecule has 0 saturated carbocycles. The highest BCUT2D eigenvalue weighted by Gasteiger charge is 2.18. The molecule has 0 aliphatic heterocycles. The van der Waals surface area contributed by atoms with Gasteiger partial charge in [0.2, 0.25) is 5.91 Å². The lowest BCUT2D eigenvalue weighted by atomic mass is 10.1. The summed E-state index contributed by atoms with van der Waals surface area (Å²) in [5, 5.41) is 3.91. The minimum atomic E-state index is -0.195. The number of hydrogen-bond acceptors (Lipinski definition) is 5. The second kappa shape index (κ2) is 8.99. The van der Waals surface area contributed by atoms with E-state index in [-0.39, 0.29) is 17.4 Å². The molecule has 3 aromatic rings. The second-order valence-corrected chi connectivity index (χ2v) is 7.48. The number of thioether (sulfide) groups is 1. The zero-order chi connectivity index (χ0) is 20.1. The summed E-state index contributed by atoms with van der Waals surface area (Å²) < 4.78 is 0. The van der Waals surface area contributed by atoms with E-state index in [0.29, 0.717) is 32.8 Å². The Bertz CT molecular complexity index is 1010. The molecule has 1 N–H and O–H groups in total. The number of benzene rings is 2. The van der Waals surface area contributed by atoms with E-state index in [0.717, 1.165) is 5.56 Å². The third kappa shape index (κ3) is 4.97. The van der Waals surface area contributed by atoms with Crippen molar-refractivity contribution in [3.63, 3.8) is 0 Å². The Hall–Kier alpha value is -2.70. The third-order valence-electron chi connectivity index (χ3n) is 3.91. The monoisotopic (exact) mass is 411 g/mol. The second-order valence-electron chi connectivity index (χ2n) is 6.08. The summed E-state index contributed by atoms with van der Waals surface area (Å²) in [6, 6.07) is 16.4. The molecule has 0 spiro atoms. The van der Waals surface area contributed by atoms with E-state index in [2.05, 4.69) is 15.3 Å². The number of carbonyl (C=O) groups excluding carboxylic acids is 2. The minimum Gasteiger partial charge on any atom is -0.325 e. The van der Waals surface area contributed by atoms with Crippen molar-refractivity contribution in [2.45, 2.75) is 18.9 Å². The van der Waals surface area contributed by atoms with Crippen molar-refractivity contribution >= 4 is 40.7 Å². The molecular formula is C21H18ClN3O2S. The zero-order valence-electron chi connectivity index (χ0n) is 15.4. The van der Waals surface area contributed by atoms with E-state index in [4.69, 9.17) is 11.6 Å². The maximum atomic E-state index is 12.3. The molecule has 0 radical (unpaired) electrons.